The summed E-state index contributed by atoms with van der Waals surface area (Å²) in [6, 6.07) is 11.4. The van der Waals surface area contributed by atoms with E-state index in [4.69, 9.17) is 21.1 Å². The summed E-state index contributed by atoms with van der Waals surface area (Å²) in [5, 5.41) is 14.9. The largest absolute Gasteiger partial charge is 0.459 e. The molecular weight excluding hydrogens is 410 g/mol. The third-order valence-electron chi connectivity index (χ3n) is 4.87. The zero-order chi connectivity index (χ0) is 20.6. The molecule has 0 fully saturated rings. The lowest BCUT2D eigenvalue weighted by Gasteiger charge is -2.36. The molecule has 2 aromatic rings. The maximum Gasteiger partial charge on any atom is 0.286 e. The summed E-state index contributed by atoms with van der Waals surface area (Å²) in [7, 11) is 0. The van der Waals surface area contributed by atoms with Crippen LogP contribution in [-0.4, -0.2) is 30.5 Å². The van der Waals surface area contributed by atoms with E-state index in [0.717, 1.165) is 16.9 Å². The Labute approximate surface area is 180 Å². The van der Waals surface area contributed by atoms with Crippen LogP contribution < -0.4 is 5.32 Å². The molecule has 5 nitrogen and oxygen atoms in total. The van der Waals surface area contributed by atoms with Crippen LogP contribution in [0, 0.1) is 5.92 Å². The van der Waals surface area contributed by atoms with Crippen molar-refractivity contribution in [2.45, 2.75) is 38.5 Å². The predicted octanol–water partition coefficient (Wildman–Crippen LogP) is 4.47. The first-order valence-electron chi connectivity index (χ1n) is 9.79. The number of carbonyl (C=O) groups excluding carboxylic acids is 1. The summed E-state index contributed by atoms with van der Waals surface area (Å²) in [6.45, 7) is 2.89. The van der Waals surface area contributed by atoms with Gasteiger partial charge in [-0.2, -0.15) is 0 Å². The minimum absolute atomic E-state index is 0.00290. The van der Waals surface area contributed by atoms with Gasteiger partial charge in [0.1, 0.15) is 0 Å². The molecule has 1 aromatic carbocycles. The van der Waals surface area contributed by atoms with E-state index in [1.54, 1.807) is 23.5 Å². The Bertz CT molecular complexity index is 807. The Kier molecular flexibility index (Phi) is 8.12. The number of rotatable bonds is 9. The van der Waals surface area contributed by atoms with Gasteiger partial charge in [-0.15, -0.1) is 11.3 Å². The van der Waals surface area contributed by atoms with Gasteiger partial charge in [-0.1, -0.05) is 29.8 Å². The van der Waals surface area contributed by atoms with Gasteiger partial charge in [-0.3, -0.25) is 4.79 Å². The summed E-state index contributed by atoms with van der Waals surface area (Å²) >= 11 is 7.56. The molecule has 29 heavy (non-hydrogen) atoms. The Morgan fingerprint density at radius 2 is 2.10 bits per heavy atom. The van der Waals surface area contributed by atoms with Crippen LogP contribution >= 0.6 is 22.9 Å². The van der Waals surface area contributed by atoms with E-state index in [9.17, 15) is 9.90 Å². The van der Waals surface area contributed by atoms with E-state index < -0.39 is 6.29 Å². The summed E-state index contributed by atoms with van der Waals surface area (Å²) in [5.74, 6) is 0.0413. The zero-order valence-corrected chi connectivity index (χ0v) is 17.9. The number of hydrogen-bond donors (Lipinski definition) is 2. The molecule has 1 aliphatic rings. The first-order chi connectivity index (χ1) is 14.1. The van der Waals surface area contributed by atoms with Crippen molar-refractivity contribution in [1.29, 1.82) is 0 Å². The molecule has 0 saturated heterocycles. The molecule has 156 valence electrons. The molecule has 0 aliphatic carbocycles. The highest BCUT2D eigenvalue weighted by atomic mass is 35.5. The number of allylic oxidation sites excluding steroid dienone is 1. The van der Waals surface area contributed by atoms with Gasteiger partial charge in [-0.05, 0) is 55.0 Å². The van der Waals surface area contributed by atoms with Crippen molar-refractivity contribution in [3.05, 3.63) is 69.1 Å². The van der Waals surface area contributed by atoms with Crippen molar-refractivity contribution in [3.8, 4) is 0 Å². The molecule has 0 spiro atoms. The second-order valence-corrected chi connectivity index (χ2v) is 8.27. The Balaban J connectivity index is 1.78. The van der Waals surface area contributed by atoms with Gasteiger partial charge in [0.25, 0.3) is 5.91 Å². The molecule has 3 rings (SSSR count). The standard InChI is InChI=1S/C22H26ClNO4S/c1-2-27-22-17(5-3-11-25)18(20-6-4-12-29-20)13-19(28-22)21(26)24-14-15-7-9-16(23)10-8-15/h4,6-10,12-13,17-18,22,25H,2-3,5,11,14H2,1H3,(H,24,26)/t17-,18-,22+/m1/s1. The van der Waals surface area contributed by atoms with Crippen molar-refractivity contribution < 1.29 is 19.4 Å². The van der Waals surface area contributed by atoms with E-state index in [0.29, 0.717) is 24.6 Å². The van der Waals surface area contributed by atoms with Crippen LogP contribution in [0.5, 0.6) is 0 Å². The molecule has 0 saturated carbocycles. The van der Waals surface area contributed by atoms with Crippen LogP contribution in [0.25, 0.3) is 0 Å². The van der Waals surface area contributed by atoms with Crippen molar-refractivity contribution in [3.63, 3.8) is 0 Å². The zero-order valence-electron chi connectivity index (χ0n) is 16.3. The number of nitrogens with one attached hydrogen (secondary N) is 1. The second-order valence-electron chi connectivity index (χ2n) is 6.85. The van der Waals surface area contributed by atoms with E-state index in [1.165, 1.54) is 0 Å². The van der Waals surface area contributed by atoms with Crippen LogP contribution in [-0.2, 0) is 20.8 Å². The van der Waals surface area contributed by atoms with Crippen LogP contribution in [0.1, 0.15) is 36.1 Å². The molecule has 7 heteroatoms. The maximum absolute atomic E-state index is 12.8. The van der Waals surface area contributed by atoms with Crippen LogP contribution in [0.2, 0.25) is 5.02 Å². The third-order valence-corrected chi connectivity index (χ3v) is 6.10. The monoisotopic (exact) mass is 435 g/mol. The molecule has 1 aliphatic heterocycles. The number of aliphatic hydroxyl groups is 1. The third kappa shape index (κ3) is 5.82. The molecule has 1 aromatic heterocycles. The Morgan fingerprint density at radius 1 is 1.31 bits per heavy atom. The fraction of sp³-hybridized carbons (Fsp3) is 0.409. The topological polar surface area (TPSA) is 67.8 Å². The van der Waals surface area contributed by atoms with Gasteiger partial charge < -0.3 is 19.9 Å². The lowest BCUT2D eigenvalue weighted by Crippen LogP contribution is -2.38. The van der Waals surface area contributed by atoms with Crippen molar-refractivity contribution >= 4 is 28.8 Å². The lowest BCUT2D eigenvalue weighted by molar-refractivity contribution is -0.166. The molecule has 0 bridgehead atoms. The fourth-order valence-electron chi connectivity index (χ4n) is 3.45. The number of aliphatic hydroxyl groups excluding tert-OH is 1. The van der Waals surface area contributed by atoms with Crippen molar-refractivity contribution in [2.75, 3.05) is 13.2 Å². The Morgan fingerprint density at radius 3 is 2.76 bits per heavy atom. The minimum Gasteiger partial charge on any atom is -0.459 e. The molecule has 2 N–H and O–H groups in total. The van der Waals surface area contributed by atoms with Crippen LogP contribution in [0.15, 0.2) is 53.6 Å². The van der Waals surface area contributed by atoms with E-state index in [1.807, 2.05) is 36.6 Å². The smallest absolute Gasteiger partial charge is 0.286 e. The molecule has 1 amide bonds. The summed E-state index contributed by atoms with van der Waals surface area (Å²) in [6.07, 6.45) is 2.77. The molecule has 2 heterocycles. The lowest BCUT2D eigenvalue weighted by atomic mass is 9.84. The SMILES string of the molecule is CCO[C@H]1OC(C(=O)NCc2ccc(Cl)cc2)=C[C@@H](c2cccs2)[C@H]1CCCO. The number of halogens is 1. The average Bonchev–Trinajstić information content (AvgIpc) is 3.26. The second kappa shape index (κ2) is 10.8. The first-order valence-corrected chi connectivity index (χ1v) is 11.0. The molecule has 3 atom stereocenters. The summed E-state index contributed by atoms with van der Waals surface area (Å²) < 4.78 is 11.8. The Hall–Kier alpha value is -1.86. The van der Waals surface area contributed by atoms with Gasteiger partial charge in [0, 0.05) is 41.5 Å². The van der Waals surface area contributed by atoms with Crippen molar-refractivity contribution in [1.82, 2.24) is 5.32 Å². The normalized spacial score (nSPS) is 21.3. The number of benzene rings is 1. The van der Waals surface area contributed by atoms with Gasteiger partial charge >= 0.3 is 0 Å². The van der Waals surface area contributed by atoms with Gasteiger partial charge in [-0.25, -0.2) is 0 Å². The van der Waals surface area contributed by atoms with Crippen molar-refractivity contribution in [2.24, 2.45) is 5.92 Å². The summed E-state index contributed by atoms with van der Waals surface area (Å²) in [5.41, 5.74) is 0.955. The minimum atomic E-state index is -0.528. The van der Waals surface area contributed by atoms with Gasteiger partial charge in [0.05, 0.1) is 0 Å². The first kappa shape index (κ1) is 21.8. The number of amides is 1. The van der Waals surface area contributed by atoms with E-state index in [2.05, 4.69) is 11.4 Å². The number of carbonyl (C=O) groups is 1. The fourth-order valence-corrected chi connectivity index (χ4v) is 4.44. The quantitative estimate of drug-likeness (QED) is 0.609. The maximum atomic E-state index is 12.8. The van der Waals surface area contributed by atoms with Crippen LogP contribution in [0.3, 0.4) is 0 Å². The number of ether oxygens (including phenoxy) is 2. The number of thiophene rings is 1. The van der Waals surface area contributed by atoms with E-state index >= 15 is 0 Å². The highest BCUT2D eigenvalue weighted by molar-refractivity contribution is 7.10. The van der Waals surface area contributed by atoms with Gasteiger partial charge in [0.2, 0.25) is 6.29 Å². The molecule has 0 radical (unpaired) electrons. The highest BCUT2D eigenvalue weighted by Crippen LogP contribution is 2.40. The molecular formula is C22H26ClNO4S. The van der Waals surface area contributed by atoms with Crippen LogP contribution in [0.4, 0.5) is 0 Å². The van der Waals surface area contributed by atoms with E-state index in [-0.39, 0.29) is 30.1 Å². The highest BCUT2D eigenvalue weighted by Gasteiger charge is 2.38. The predicted molar refractivity (Wildman–Crippen MR) is 115 cm³/mol. The molecule has 0 unspecified atom stereocenters. The number of hydrogen-bond acceptors (Lipinski definition) is 5. The average molecular weight is 436 g/mol. The summed E-state index contributed by atoms with van der Waals surface area (Å²) in [4.78, 5) is 14.0. The van der Waals surface area contributed by atoms with Gasteiger partial charge in [0.15, 0.2) is 5.76 Å².